The molecular weight excluding hydrogens is 500 g/mol. The first-order chi connectivity index (χ1) is 15.6. The van der Waals surface area contributed by atoms with E-state index in [1.54, 1.807) is 19.1 Å². The highest BCUT2D eigenvalue weighted by Crippen LogP contribution is 2.21. The van der Waals surface area contributed by atoms with Gasteiger partial charge in [-0.05, 0) is 50.1 Å². The van der Waals surface area contributed by atoms with Crippen molar-refractivity contribution in [2.24, 2.45) is 0 Å². The third-order valence-corrected chi connectivity index (χ3v) is 6.32. The van der Waals surface area contributed by atoms with E-state index in [1.165, 1.54) is 35.4 Å². The second kappa shape index (κ2) is 10.1. The molecule has 0 radical (unpaired) electrons. The topological polar surface area (TPSA) is 136 Å². The van der Waals surface area contributed by atoms with Crippen molar-refractivity contribution in [2.75, 3.05) is 6.26 Å². The fraction of sp³-hybridized carbons (Fsp3) is 0.286. The van der Waals surface area contributed by atoms with E-state index in [0.717, 1.165) is 19.1 Å². The van der Waals surface area contributed by atoms with Gasteiger partial charge in [0.2, 0.25) is 0 Å². The van der Waals surface area contributed by atoms with Gasteiger partial charge in [-0.3, -0.25) is 9.59 Å². The van der Waals surface area contributed by atoms with Crippen molar-refractivity contribution in [1.29, 1.82) is 0 Å². The predicted molar refractivity (Wildman–Crippen MR) is 130 cm³/mol. The molecule has 180 valence electrons. The van der Waals surface area contributed by atoms with Crippen molar-refractivity contribution in [3.05, 3.63) is 64.8 Å². The van der Waals surface area contributed by atoms with Crippen molar-refractivity contribution in [2.45, 2.75) is 36.7 Å². The number of carbonyl (C=O) groups is 2. The van der Waals surface area contributed by atoms with E-state index in [4.69, 9.17) is 11.6 Å². The third kappa shape index (κ3) is 5.93. The molecule has 34 heavy (non-hydrogen) atoms. The van der Waals surface area contributed by atoms with Crippen molar-refractivity contribution in [3.63, 3.8) is 0 Å². The maximum atomic E-state index is 12.8. The monoisotopic (exact) mass is 522 g/mol. The summed E-state index contributed by atoms with van der Waals surface area (Å²) in [6.45, 7) is 1.71. The molecular formula is C21H23ClN6O4S2. The summed E-state index contributed by atoms with van der Waals surface area (Å²) in [6, 6.07) is 6.87. The van der Waals surface area contributed by atoms with Crippen LogP contribution in [0.4, 0.5) is 0 Å². The summed E-state index contributed by atoms with van der Waals surface area (Å²) in [5, 5.41) is 9.97. The summed E-state index contributed by atoms with van der Waals surface area (Å²) in [5.41, 5.74) is 0.543. The molecule has 0 unspecified atom stereocenters. The largest absolute Gasteiger partial charge is 0.349 e. The van der Waals surface area contributed by atoms with Crippen LogP contribution in [0.3, 0.4) is 0 Å². The van der Waals surface area contributed by atoms with Gasteiger partial charge in [-0.2, -0.15) is 23.3 Å². The Labute approximate surface area is 208 Å². The maximum absolute atomic E-state index is 12.8. The number of nitrogens with one attached hydrogen (secondary N) is 2. The van der Waals surface area contributed by atoms with E-state index in [-0.39, 0.29) is 40.9 Å². The van der Waals surface area contributed by atoms with Gasteiger partial charge in [0, 0.05) is 29.1 Å². The van der Waals surface area contributed by atoms with Gasteiger partial charge in [0.15, 0.2) is 21.5 Å². The molecule has 1 fully saturated rings. The standard InChI is InChI=1S/C21H21ClN6O4S.H2S/c1-12(26-21(30)14-7-15(22)9-17(8-14)33(2,31)32)19-24-11-25-28(19)18-6-3-13(10-23-18)20(29)27-16-4-5-16;/h3,6-12,16H,4-5H2,1-2H3,(H,26,30)(H,27,29);1H2/t12-;/m1./s1. The number of pyridine rings is 1. The fourth-order valence-electron chi connectivity index (χ4n) is 3.12. The summed E-state index contributed by atoms with van der Waals surface area (Å²) < 4.78 is 25.1. The number of sulfone groups is 1. The Bertz CT molecular complexity index is 1320. The lowest BCUT2D eigenvalue weighted by atomic mass is 10.2. The molecule has 1 saturated carbocycles. The molecule has 1 aliphatic rings. The van der Waals surface area contributed by atoms with Crippen molar-refractivity contribution in [3.8, 4) is 5.82 Å². The summed E-state index contributed by atoms with van der Waals surface area (Å²) in [6.07, 6.45) is 5.82. The number of carbonyl (C=O) groups excluding carboxylic acids is 2. The Balaban J connectivity index is 0.00000324. The SMILES string of the molecule is C[C@@H](NC(=O)c1cc(Cl)cc(S(C)(=O)=O)c1)c1ncnn1-c1ccc(C(=O)NC2CC2)cn1.S. The van der Waals surface area contributed by atoms with Crippen LogP contribution in [0.25, 0.3) is 5.82 Å². The van der Waals surface area contributed by atoms with Crippen LogP contribution >= 0.6 is 25.1 Å². The molecule has 2 heterocycles. The lowest BCUT2D eigenvalue weighted by molar-refractivity contribution is 0.0933. The molecule has 2 amide bonds. The van der Waals surface area contributed by atoms with Crippen LogP contribution in [-0.2, 0) is 9.84 Å². The average Bonchev–Trinajstić information content (AvgIpc) is 3.44. The highest BCUT2D eigenvalue weighted by Gasteiger charge is 2.24. The Morgan fingerprint density at radius 3 is 2.47 bits per heavy atom. The minimum atomic E-state index is -3.54. The normalized spacial score (nSPS) is 14.1. The first-order valence-electron chi connectivity index (χ1n) is 10.1. The number of hydrogen-bond donors (Lipinski definition) is 2. The quantitative estimate of drug-likeness (QED) is 0.485. The zero-order chi connectivity index (χ0) is 23.8. The van der Waals surface area contributed by atoms with Gasteiger partial charge in [0.05, 0.1) is 16.5 Å². The van der Waals surface area contributed by atoms with Gasteiger partial charge in [0.25, 0.3) is 11.8 Å². The zero-order valence-corrected chi connectivity index (χ0v) is 20.9. The van der Waals surface area contributed by atoms with Crippen molar-refractivity contribution in [1.82, 2.24) is 30.4 Å². The molecule has 13 heteroatoms. The summed E-state index contributed by atoms with van der Waals surface area (Å²) >= 11 is 6.00. The summed E-state index contributed by atoms with van der Waals surface area (Å²) in [5.74, 6) is 0.126. The van der Waals surface area contributed by atoms with Crippen molar-refractivity contribution < 1.29 is 18.0 Å². The van der Waals surface area contributed by atoms with Gasteiger partial charge in [-0.15, -0.1) is 0 Å². The Kier molecular flexibility index (Phi) is 7.64. The Morgan fingerprint density at radius 2 is 1.85 bits per heavy atom. The fourth-order valence-corrected chi connectivity index (χ4v) is 4.10. The van der Waals surface area contributed by atoms with Crippen molar-refractivity contribution >= 4 is 46.7 Å². The highest BCUT2D eigenvalue weighted by molar-refractivity contribution is 7.90. The molecule has 3 aromatic rings. The van der Waals surface area contributed by atoms with Crippen LogP contribution in [0.15, 0.2) is 47.8 Å². The predicted octanol–water partition coefficient (Wildman–Crippen LogP) is 2.22. The molecule has 0 bridgehead atoms. The molecule has 1 aliphatic carbocycles. The second-order valence-electron chi connectivity index (χ2n) is 7.83. The molecule has 4 rings (SSSR count). The van der Waals surface area contributed by atoms with E-state index in [2.05, 4.69) is 25.7 Å². The number of benzene rings is 1. The van der Waals surface area contributed by atoms with E-state index < -0.39 is 21.8 Å². The number of hydrogen-bond acceptors (Lipinski definition) is 7. The Morgan fingerprint density at radius 1 is 1.12 bits per heavy atom. The summed E-state index contributed by atoms with van der Waals surface area (Å²) in [7, 11) is -3.54. The molecule has 1 aromatic carbocycles. The second-order valence-corrected chi connectivity index (χ2v) is 10.3. The van der Waals surface area contributed by atoms with E-state index >= 15 is 0 Å². The Hall–Kier alpha value is -2.96. The third-order valence-electron chi connectivity index (χ3n) is 5.01. The lowest BCUT2D eigenvalue weighted by Crippen LogP contribution is -2.29. The van der Waals surface area contributed by atoms with Crippen LogP contribution in [0.2, 0.25) is 5.02 Å². The highest BCUT2D eigenvalue weighted by atomic mass is 35.5. The molecule has 0 aliphatic heterocycles. The molecule has 10 nitrogen and oxygen atoms in total. The van der Waals surface area contributed by atoms with Crippen LogP contribution in [0, 0.1) is 0 Å². The minimum Gasteiger partial charge on any atom is -0.349 e. The van der Waals surface area contributed by atoms with E-state index in [0.29, 0.717) is 17.2 Å². The number of nitrogens with zero attached hydrogens (tertiary/aromatic N) is 4. The van der Waals surface area contributed by atoms with Crippen LogP contribution in [-0.4, -0.2) is 52.3 Å². The maximum Gasteiger partial charge on any atom is 0.253 e. The molecule has 2 N–H and O–H groups in total. The minimum absolute atomic E-state index is 0. The zero-order valence-electron chi connectivity index (χ0n) is 18.3. The van der Waals surface area contributed by atoms with E-state index in [9.17, 15) is 18.0 Å². The van der Waals surface area contributed by atoms with Gasteiger partial charge in [-0.25, -0.2) is 18.4 Å². The molecule has 0 spiro atoms. The van der Waals surface area contributed by atoms with Gasteiger partial charge < -0.3 is 10.6 Å². The first-order valence-corrected chi connectivity index (χ1v) is 12.4. The van der Waals surface area contributed by atoms with Gasteiger partial charge in [-0.1, -0.05) is 11.6 Å². The van der Waals surface area contributed by atoms with Crippen LogP contribution < -0.4 is 10.6 Å². The van der Waals surface area contributed by atoms with E-state index in [1.807, 2.05) is 0 Å². The molecule has 1 atom stereocenters. The van der Waals surface area contributed by atoms with Crippen LogP contribution in [0.1, 0.15) is 52.3 Å². The van der Waals surface area contributed by atoms with Gasteiger partial charge >= 0.3 is 0 Å². The number of aromatic nitrogens is 4. The molecule has 0 saturated heterocycles. The lowest BCUT2D eigenvalue weighted by Gasteiger charge is -2.15. The average molecular weight is 523 g/mol. The van der Waals surface area contributed by atoms with Gasteiger partial charge in [0.1, 0.15) is 6.33 Å². The summed E-state index contributed by atoms with van der Waals surface area (Å²) in [4.78, 5) is 33.4. The number of halogens is 1. The molecule has 2 aromatic heterocycles. The first kappa shape index (κ1) is 25.7. The van der Waals surface area contributed by atoms with Crippen LogP contribution in [0.5, 0.6) is 0 Å². The smallest absolute Gasteiger partial charge is 0.253 e. The number of rotatable bonds is 7. The number of amides is 2.